The van der Waals surface area contributed by atoms with Crippen LogP contribution in [-0.2, 0) is 6.54 Å². The van der Waals surface area contributed by atoms with Gasteiger partial charge in [0.15, 0.2) is 5.43 Å². The molecule has 2 aromatic carbocycles. The summed E-state index contributed by atoms with van der Waals surface area (Å²) in [6.45, 7) is 2.92. The molecule has 0 spiro atoms. The molecule has 2 heterocycles. The highest BCUT2D eigenvalue weighted by Crippen LogP contribution is 2.27. The molecule has 4 heteroatoms. The number of thiazole rings is 1. The normalized spacial score (nSPS) is 11.3. The number of benzene rings is 2. The summed E-state index contributed by atoms with van der Waals surface area (Å²) in [6.07, 6.45) is 1.80. The second-order valence-electron chi connectivity index (χ2n) is 5.16. The van der Waals surface area contributed by atoms with E-state index in [1.165, 1.54) is 0 Å². The molecule has 0 unspecified atom stereocenters. The van der Waals surface area contributed by atoms with Gasteiger partial charge >= 0.3 is 0 Å². The smallest absolute Gasteiger partial charge is 0.197 e. The zero-order valence-electron chi connectivity index (χ0n) is 12.1. The van der Waals surface area contributed by atoms with Gasteiger partial charge in [0.25, 0.3) is 0 Å². The van der Waals surface area contributed by atoms with Gasteiger partial charge in [0.2, 0.25) is 0 Å². The fraction of sp³-hybridized carbons (Fsp3) is 0.111. The average Bonchev–Trinajstić information content (AvgIpc) is 3.09. The van der Waals surface area contributed by atoms with Gasteiger partial charge in [-0.2, -0.15) is 0 Å². The van der Waals surface area contributed by atoms with Crippen LogP contribution in [0, 0.1) is 0 Å². The molecule has 0 radical (unpaired) electrons. The topological polar surface area (TPSA) is 34.9 Å². The van der Waals surface area contributed by atoms with Gasteiger partial charge in [-0.25, -0.2) is 4.98 Å². The molecule has 0 aliphatic rings. The van der Waals surface area contributed by atoms with E-state index in [4.69, 9.17) is 0 Å². The Morgan fingerprint density at radius 3 is 2.68 bits per heavy atom. The first kappa shape index (κ1) is 13.2. The van der Waals surface area contributed by atoms with Crippen LogP contribution < -0.4 is 5.43 Å². The Bertz CT molecular complexity index is 1030. The highest BCUT2D eigenvalue weighted by molar-refractivity contribution is 7.13. The molecule has 0 amide bonds. The van der Waals surface area contributed by atoms with Gasteiger partial charge in [0, 0.05) is 34.5 Å². The summed E-state index contributed by atoms with van der Waals surface area (Å²) in [7, 11) is 0. The molecule has 0 N–H and O–H groups in total. The lowest BCUT2D eigenvalue weighted by molar-refractivity contribution is 0.821. The van der Waals surface area contributed by atoms with E-state index in [2.05, 4.69) is 22.5 Å². The second-order valence-corrected chi connectivity index (χ2v) is 6.05. The fourth-order valence-electron chi connectivity index (χ4n) is 2.96. The van der Waals surface area contributed by atoms with Gasteiger partial charge in [0.05, 0.1) is 11.0 Å². The molecule has 22 heavy (non-hydrogen) atoms. The van der Waals surface area contributed by atoms with E-state index in [0.29, 0.717) is 0 Å². The van der Waals surface area contributed by atoms with Crippen LogP contribution in [-0.4, -0.2) is 9.55 Å². The van der Waals surface area contributed by atoms with Crippen LogP contribution in [0.15, 0.2) is 58.8 Å². The Morgan fingerprint density at radius 1 is 1.09 bits per heavy atom. The van der Waals surface area contributed by atoms with Crippen LogP contribution in [0.2, 0.25) is 0 Å². The summed E-state index contributed by atoms with van der Waals surface area (Å²) in [4.78, 5) is 17.1. The molecule has 0 saturated heterocycles. The molecular weight excluding hydrogens is 292 g/mol. The molecule has 3 nitrogen and oxygen atoms in total. The zero-order chi connectivity index (χ0) is 15.1. The highest BCUT2D eigenvalue weighted by atomic mass is 32.1. The standard InChI is InChI=1S/C18H14N2OS/c1-2-20-15-6-4-3-5-13(15)17(21)14-8-7-12(11-16(14)20)18-19-9-10-22-18/h3-11H,2H2,1H3. The van der Waals surface area contributed by atoms with Crippen LogP contribution in [0.25, 0.3) is 32.4 Å². The Hall–Kier alpha value is -2.46. The molecule has 0 bridgehead atoms. The number of fused-ring (bicyclic) bond motifs is 2. The van der Waals surface area contributed by atoms with Gasteiger partial charge in [-0.05, 0) is 31.2 Å². The first-order chi connectivity index (χ1) is 10.8. The lowest BCUT2D eigenvalue weighted by Gasteiger charge is -2.13. The van der Waals surface area contributed by atoms with E-state index in [-0.39, 0.29) is 5.43 Å². The van der Waals surface area contributed by atoms with E-state index in [0.717, 1.165) is 38.9 Å². The van der Waals surface area contributed by atoms with E-state index < -0.39 is 0 Å². The lowest BCUT2D eigenvalue weighted by Crippen LogP contribution is -2.10. The van der Waals surface area contributed by atoms with Crippen molar-refractivity contribution in [3.8, 4) is 10.6 Å². The van der Waals surface area contributed by atoms with Gasteiger partial charge in [0.1, 0.15) is 5.01 Å². The van der Waals surface area contributed by atoms with Crippen molar-refractivity contribution in [1.82, 2.24) is 9.55 Å². The maximum absolute atomic E-state index is 12.7. The van der Waals surface area contributed by atoms with Crippen LogP contribution in [0.3, 0.4) is 0 Å². The summed E-state index contributed by atoms with van der Waals surface area (Å²) < 4.78 is 2.20. The molecule has 0 fully saturated rings. The average molecular weight is 306 g/mol. The van der Waals surface area contributed by atoms with E-state index in [1.807, 2.05) is 41.8 Å². The molecule has 0 saturated carbocycles. The molecule has 4 rings (SSSR count). The molecule has 0 atom stereocenters. The van der Waals surface area contributed by atoms with Crippen molar-refractivity contribution in [2.45, 2.75) is 13.5 Å². The van der Waals surface area contributed by atoms with Crippen molar-refractivity contribution >= 4 is 33.1 Å². The summed E-state index contributed by atoms with van der Waals surface area (Å²) in [5.41, 5.74) is 3.11. The van der Waals surface area contributed by atoms with E-state index in [1.54, 1.807) is 17.5 Å². The summed E-state index contributed by atoms with van der Waals surface area (Å²) in [6, 6.07) is 13.8. The fourth-order valence-corrected chi connectivity index (χ4v) is 3.60. The third-order valence-electron chi connectivity index (χ3n) is 3.97. The van der Waals surface area contributed by atoms with Crippen LogP contribution >= 0.6 is 11.3 Å². The first-order valence-electron chi connectivity index (χ1n) is 7.25. The summed E-state index contributed by atoms with van der Waals surface area (Å²) in [5, 5.41) is 4.48. The van der Waals surface area contributed by atoms with Crippen LogP contribution in [0.5, 0.6) is 0 Å². The van der Waals surface area contributed by atoms with Gasteiger partial charge in [-0.15, -0.1) is 11.3 Å². The maximum Gasteiger partial charge on any atom is 0.197 e. The van der Waals surface area contributed by atoms with Crippen molar-refractivity contribution in [2.75, 3.05) is 0 Å². The third kappa shape index (κ3) is 1.88. The van der Waals surface area contributed by atoms with E-state index in [9.17, 15) is 4.79 Å². The number of pyridine rings is 1. The van der Waals surface area contributed by atoms with Crippen molar-refractivity contribution in [3.63, 3.8) is 0 Å². The van der Waals surface area contributed by atoms with Gasteiger partial charge in [-0.3, -0.25) is 4.79 Å². The number of aryl methyl sites for hydroxylation is 1. The Labute approximate surface area is 131 Å². The molecule has 0 aliphatic carbocycles. The van der Waals surface area contributed by atoms with Crippen molar-refractivity contribution in [1.29, 1.82) is 0 Å². The van der Waals surface area contributed by atoms with Gasteiger partial charge < -0.3 is 4.57 Å². The number of para-hydroxylation sites is 1. The van der Waals surface area contributed by atoms with Crippen LogP contribution in [0.4, 0.5) is 0 Å². The molecular formula is C18H14N2OS. The SMILES string of the molecule is CCn1c2ccccc2c(=O)c2ccc(-c3nccs3)cc21. The summed E-state index contributed by atoms with van der Waals surface area (Å²) >= 11 is 1.61. The predicted molar refractivity (Wildman–Crippen MR) is 92.5 cm³/mol. The molecule has 2 aromatic heterocycles. The number of aromatic nitrogens is 2. The number of hydrogen-bond acceptors (Lipinski definition) is 3. The lowest BCUT2D eigenvalue weighted by atomic mass is 10.1. The molecule has 4 aromatic rings. The van der Waals surface area contributed by atoms with Crippen molar-refractivity contribution in [3.05, 3.63) is 64.3 Å². The quantitative estimate of drug-likeness (QED) is 0.518. The monoisotopic (exact) mass is 306 g/mol. The number of rotatable bonds is 2. The summed E-state index contributed by atoms with van der Waals surface area (Å²) in [5.74, 6) is 0. The van der Waals surface area contributed by atoms with Gasteiger partial charge in [-0.1, -0.05) is 18.2 Å². The zero-order valence-corrected chi connectivity index (χ0v) is 12.9. The number of hydrogen-bond donors (Lipinski definition) is 0. The van der Waals surface area contributed by atoms with Crippen LogP contribution in [0.1, 0.15) is 6.92 Å². The second kappa shape index (κ2) is 5.07. The van der Waals surface area contributed by atoms with Crippen molar-refractivity contribution in [2.24, 2.45) is 0 Å². The minimum absolute atomic E-state index is 0.0981. The Morgan fingerprint density at radius 2 is 1.91 bits per heavy atom. The number of nitrogens with zero attached hydrogens (tertiary/aromatic N) is 2. The third-order valence-corrected chi connectivity index (χ3v) is 4.79. The minimum atomic E-state index is 0.0981. The largest absolute Gasteiger partial charge is 0.341 e. The highest BCUT2D eigenvalue weighted by Gasteiger charge is 2.11. The minimum Gasteiger partial charge on any atom is -0.341 e. The first-order valence-corrected chi connectivity index (χ1v) is 8.12. The molecule has 108 valence electrons. The Balaban J connectivity index is 2.16. The maximum atomic E-state index is 12.7. The predicted octanol–water partition coefficient (Wildman–Crippen LogP) is 4.30. The Kier molecular flexibility index (Phi) is 3.05. The van der Waals surface area contributed by atoms with Crippen molar-refractivity contribution < 1.29 is 0 Å². The van der Waals surface area contributed by atoms with E-state index >= 15 is 0 Å². The molecule has 0 aliphatic heterocycles.